The Morgan fingerprint density at radius 1 is 1.25 bits per heavy atom. The number of halogens is 3. The molecule has 0 aliphatic heterocycles. The highest BCUT2D eigenvalue weighted by molar-refractivity contribution is 9.09. The fourth-order valence-electron chi connectivity index (χ4n) is 0.942. The number of rotatable bonds is 4. The van der Waals surface area contributed by atoms with Gasteiger partial charge in [0, 0.05) is 5.69 Å². The van der Waals surface area contributed by atoms with E-state index in [0.29, 0.717) is 5.69 Å². The number of Topliss-reactive ketones (excluding diaryl/α,β-unsaturated/α-hetero) is 1. The minimum atomic E-state index is -2.07. The lowest BCUT2D eigenvalue weighted by atomic mass is 10.2. The fourth-order valence-corrected chi connectivity index (χ4v) is 1.91. The van der Waals surface area contributed by atoms with Gasteiger partial charge in [0.15, 0.2) is 5.78 Å². The molecule has 0 unspecified atom stereocenters. The third kappa shape index (κ3) is 3.20. The number of amides is 1. The minimum absolute atomic E-state index is 0.0811. The normalized spacial score (nSPS) is 10.9. The van der Waals surface area contributed by atoms with Gasteiger partial charge < -0.3 is 5.32 Å². The summed E-state index contributed by atoms with van der Waals surface area (Å²) in [5.41, 5.74) is 0.528. The molecule has 0 atom stereocenters. The average Bonchev–Trinajstić information content (AvgIpc) is 2.29. The molecule has 0 aromatic heterocycles. The van der Waals surface area contributed by atoms with Crippen LogP contribution in [0.2, 0.25) is 0 Å². The first kappa shape index (κ1) is 13.5. The Bertz CT molecular complexity index is 395. The van der Waals surface area contributed by atoms with Crippen molar-refractivity contribution >= 4 is 56.5 Å². The van der Waals surface area contributed by atoms with E-state index in [1.807, 2.05) is 0 Å². The molecule has 0 radical (unpaired) electrons. The molecule has 16 heavy (non-hydrogen) atoms. The van der Waals surface area contributed by atoms with Gasteiger partial charge >= 0.3 is 0 Å². The van der Waals surface area contributed by atoms with Crippen LogP contribution in [-0.2, 0) is 9.59 Å². The number of nitrogens with one attached hydrogen (secondary N) is 1. The number of ketones is 1. The van der Waals surface area contributed by atoms with Crippen LogP contribution in [-0.4, -0.2) is 21.4 Å². The number of benzene rings is 1. The van der Waals surface area contributed by atoms with Crippen LogP contribution < -0.4 is 5.32 Å². The zero-order valence-corrected chi connectivity index (χ0v) is 11.1. The van der Waals surface area contributed by atoms with Crippen LogP contribution >= 0.6 is 39.1 Å². The van der Waals surface area contributed by atoms with Crippen LogP contribution in [0.25, 0.3) is 0 Å². The lowest BCUT2D eigenvalue weighted by Gasteiger charge is -2.16. The average molecular weight is 325 g/mol. The third-order valence-electron chi connectivity index (χ3n) is 1.79. The van der Waals surface area contributed by atoms with Crippen molar-refractivity contribution in [2.75, 3.05) is 10.6 Å². The highest BCUT2D eigenvalue weighted by Gasteiger charge is 2.41. The number of hydrogen-bond donors (Lipinski definition) is 1. The molecule has 1 aromatic rings. The van der Waals surface area contributed by atoms with Crippen molar-refractivity contribution in [1.29, 1.82) is 0 Å². The van der Waals surface area contributed by atoms with Crippen molar-refractivity contribution in [3.63, 3.8) is 0 Å². The number of carbonyl (C=O) groups excluding carboxylic acids is 2. The molecule has 0 spiro atoms. The van der Waals surface area contributed by atoms with E-state index in [9.17, 15) is 9.59 Å². The lowest BCUT2D eigenvalue weighted by Crippen LogP contribution is -2.40. The molecule has 0 bridgehead atoms. The third-order valence-corrected chi connectivity index (χ3v) is 3.06. The molecule has 0 fully saturated rings. The Labute approximate surface area is 111 Å². The van der Waals surface area contributed by atoms with Gasteiger partial charge in [-0.1, -0.05) is 57.3 Å². The maximum atomic E-state index is 11.6. The largest absolute Gasteiger partial charge is 0.323 e. The molecule has 0 saturated heterocycles. The molecule has 1 rings (SSSR count). The van der Waals surface area contributed by atoms with Crippen LogP contribution in [0.1, 0.15) is 0 Å². The van der Waals surface area contributed by atoms with Gasteiger partial charge in [0.1, 0.15) is 0 Å². The van der Waals surface area contributed by atoms with Gasteiger partial charge in [0.25, 0.3) is 10.2 Å². The van der Waals surface area contributed by atoms with Crippen LogP contribution in [0.5, 0.6) is 0 Å². The van der Waals surface area contributed by atoms with Crippen LogP contribution in [0.4, 0.5) is 5.69 Å². The Kier molecular flexibility index (Phi) is 4.77. The van der Waals surface area contributed by atoms with Crippen molar-refractivity contribution in [2.24, 2.45) is 0 Å². The Morgan fingerprint density at radius 3 is 2.31 bits per heavy atom. The molecule has 0 aliphatic carbocycles. The van der Waals surface area contributed by atoms with Gasteiger partial charge in [-0.25, -0.2) is 0 Å². The standard InChI is InChI=1S/C10H8BrCl2NO2/c11-6-8(15)10(12,13)9(16)14-7-4-2-1-3-5-7/h1-5H,6H2,(H,14,16). The van der Waals surface area contributed by atoms with E-state index in [4.69, 9.17) is 23.2 Å². The van der Waals surface area contributed by atoms with E-state index in [1.54, 1.807) is 30.3 Å². The Balaban J connectivity index is 2.76. The van der Waals surface area contributed by atoms with E-state index in [1.165, 1.54) is 0 Å². The number of carbonyl (C=O) groups is 2. The smallest absolute Gasteiger partial charge is 0.268 e. The summed E-state index contributed by atoms with van der Waals surface area (Å²) in [6, 6.07) is 8.62. The first-order valence-electron chi connectivity index (χ1n) is 4.32. The van der Waals surface area contributed by atoms with Crippen molar-refractivity contribution in [1.82, 2.24) is 0 Å². The monoisotopic (exact) mass is 323 g/mol. The van der Waals surface area contributed by atoms with Gasteiger partial charge in [0.05, 0.1) is 5.33 Å². The molecule has 1 aromatic carbocycles. The maximum Gasteiger partial charge on any atom is 0.268 e. The second kappa shape index (κ2) is 5.66. The predicted octanol–water partition coefficient (Wildman–Crippen LogP) is 2.76. The molecule has 0 aliphatic rings. The number of alkyl halides is 3. The van der Waals surface area contributed by atoms with E-state index < -0.39 is 16.0 Å². The van der Waals surface area contributed by atoms with Crippen LogP contribution in [0.15, 0.2) is 30.3 Å². The molecule has 0 saturated carbocycles. The summed E-state index contributed by atoms with van der Waals surface area (Å²) in [5, 5.41) is 2.37. The summed E-state index contributed by atoms with van der Waals surface area (Å²) >= 11 is 14.2. The molecule has 3 nitrogen and oxygen atoms in total. The van der Waals surface area contributed by atoms with Crippen LogP contribution in [0.3, 0.4) is 0 Å². The number of anilines is 1. The summed E-state index contributed by atoms with van der Waals surface area (Å²) in [6.07, 6.45) is 0. The van der Waals surface area contributed by atoms with E-state index in [-0.39, 0.29) is 5.33 Å². The Morgan fingerprint density at radius 2 is 1.81 bits per heavy atom. The molecular formula is C10H8BrCl2NO2. The van der Waals surface area contributed by atoms with Gasteiger partial charge in [-0.05, 0) is 12.1 Å². The summed E-state index contributed by atoms with van der Waals surface area (Å²) < 4.78 is -2.07. The van der Waals surface area contributed by atoms with Crippen molar-refractivity contribution in [3.8, 4) is 0 Å². The maximum absolute atomic E-state index is 11.6. The summed E-state index contributed by atoms with van der Waals surface area (Å²) in [4.78, 5) is 22.9. The first-order chi connectivity index (χ1) is 7.48. The van der Waals surface area contributed by atoms with Gasteiger partial charge in [-0.2, -0.15) is 0 Å². The zero-order valence-electron chi connectivity index (χ0n) is 8.04. The number of hydrogen-bond acceptors (Lipinski definition) is 2. The van der Waals surface area contributed by atoms with E-state index >= 15 is 0 Å². The Hall–Kier alpha value is -0.580. The topological polar surface area (TPSA) is 46.2 Å². The second-order valence-corrected chi connectivity index (χ2v) is 4.84. The summed E-state index contributed by atoms with van der Waals surface area (Å²) in [7, 11) is 0. The van der Waals surface area contributed by atoms with Gasteiger partial charge in [0.2, 0.25) is 0 Å². The molecule has 1 amide bonds. The molecular weight excluding hydrogens is 317 g/mol. The van der Waals surface area contributed by atoms with Crippen molar-refractivity contribution in [3.05, 3.63) is 30.3 Å². The second-order valence-electron chi connectivity index (χ2n) is 2.95. The quantitative estimate of drug-likeness (QED) is 0.683. The van der Waals surface area contributed by atoms with Crippen molar-refractivity contribution in [2.45, 2.75) is 4.33 Å². The summed E-state index contributed by atoms with van der Waals surface area (Å²) in [5.74, 6) is -1.37. The first-order valence-corrected chi connectivity index (χ1v) is 6.20. The highest BCUT2D eigenvalue weighted by atomic mass is 79.9. The van der Waals surface area contributed by atoms with Gasteiger partial charge in [-0.15, -0.1) is 0 Å². The predicted molar refractivity (Wildman–Crippen MR) is 68.3 cm³/mol. The fraction of sp³-hybridized carbons (Fsp3) is 0.200. The zero-order chi connectivity index (χ0) is 12.2. The van der Waals surface area contributed by atoms with Crippen LogP contribution in [0, 0.1) is 0 Å². The molecule has 0 heterocycles. The highest BCUT2D eigenvalue weighted by Crippen LogP contribution is 2.25. The van der Waals surface area contributed by atoms with E-state index in [2.05, 4.69) is 21.2 Å². The molecule has 6 heteroatoms. The van der Waals surface area contributed by atoms with Gasteiger partial charge in [-0.3, -0.25) is 9.59 Å². The number of para-hydroxylation sites is 1. The molecule has 86 valence electrons. The SMILES string of the molecule is O=C(CBr)C(Cl)(Cl)C(=O)Nc1ccccc1. The minimum Gasteiger partial charge on any atom is -0.323 e. The summed E-state index contributed by atoms with van der Waals surface area (Å²) in [6.45, 7) is 0. The van der Waals surface area contributed by atoms with E-state index in [0.717, 1.165) is 0 Å². The van der Waals surface area contributed by atoms with Crippen molar-refractivity contribution < 1.29 is 9.59 Å². The molecule has 1 N–H and O–H groups in total. The lowest BCUT2D eigenvalue weighted by molar-refractivity contribution is -0.124.